The van der Waals surface area contributed by atoms with Crippen LogP contribution >= 0.6 is 22.6 Å². The lowest BCUT2D eigenvalue weighted by Crippen LogP contribution is -2.14. The minimum atomic E-state index is -0.0966. The summed E-state index contributed by atoms with van der Waals surface area (Å²) in [5, 5.41) is 2.91. The van der Waals surface area contributed by atoms with Crippen molar-refractivity contribution >= 4 is 34.2 Å². The van der Waals surface area contributed by atoms with E-state index in [0.717, 1.165) is 20.6 Å². The zero-order valence-electron chi connectivity index (χ0n) is 12.3. The number of ether oxygens (including phenoxy) is 1. The highest BCUT2D eigenvalue weighted by molar-refractivity contribution is 14.1. The molecule has 0 aliphatic heterocycles. The van der Waals surface area contributed by atoms with Crippen LogP contribution in [0.15, 0.2) is 42.5 Å². The average molecular weight is 395 g/mol. The third kappa shape index (κ3) is 4.20. The number of nitrogens with one attached hydrogen (secondary N) is 1. The van der Waals surface area contributed by atoms with Gasteiger partial charge in [-0.05, 0) is 79.3 Å². The van der Waals surface area contributed by atoms with Crippen molar-refractivity contribution < 1.29 is 9.53 Å². The van der Waals surface area contributed by atoms with Gasteiger partial charge in [-0.3, -0.25) is 4.79 Å². The minimum absolute atomic E-state index is 0.0966. The predicted molar refractivity (Wildman–Crippen MR) is 94.1 cm³/mol. The number of hydrogen-bond acceptors (Lipinski definition) is 2. The SMILES string of the molecule is Cc1cccc(C(=O)Nc2ccc(OC(C)C)cc2)c1I. The molecule has 1 N–H and O–H groups in total. The average Bonchev–Trinajstić information content (AvgIpc) is 2.43. The molecule has 0 aliphatic rings. The molecule has 0 atom stereocenters. The van der Waals surface area contributed by atoms with Crippen molar-refractivity contribution in [3.63, 3.8) is 0 Å². The molecule has 0 unspecified atom stereocenters. The summed E-state index contributed by atoms with van der Waals surface area (Å²) in [6.45, 7) is 5.96. The van der Waals surface area contributed by atoms with Crippen molar-refractivity contribution in [2.75, 3.05) is 5.32 Å². The van der Waals surface area contributed by atoms with E-state index in [9.17, 15) is 4.79 Å². The molecule has 2 rings (SSSR count). The molecule has 0 aliphatic carbocycles. The summed E-state index contributed by atoms with van der Waals surface area (Å²) in [4.78, 5) is 12.3. The van der Waals surface area contributed by atoms with Crippen LogP contribution in [0.5, 0.6) is 5.75 Å². The van der Waals surface area contributed by atoms with Crippen molar-refractivity contribution in [2.45, 2.75) is 26.9 Å². The Hall–Kier alpha value is -1.56. The molecule has 0 spiro atoms. The summed E-state index contributed by atoms with van der Waals surface area (Å²) >= 11 is 2.20. The van der Waals surface area contributed by atoms with E-state index in [1.54, 1.807) is 0 Å². The molecule has 0 fully saturated rings. The number of benzene rings is 2. The van der Waals surface area contributed by atoms with Crippen molar-refractivity contribution in [2.24, 2.45) is 0 Å². The summed E-state index contributed by atoms with van der Waals surface area (Å²) in [5.41, 5.74) is 2.55. The van der Waals surface area contributed by atoms with Gasteiger partial charge in [0.05, 0.1) is 11.7 Å². The fourth-order valence-electron chi connectivity index (χ4n) is 1.91. The second kappa shape index (κ2) is 6.93. The van der Waals surface area contributed by atoms with Crippen molar-refractivity contribution in [1.29, 1.82) is 0 Å². The first-order chi connectivity index (χ1) is 9.97. The van der Waals surface area contributed by atoms with Gasteiger partial charge in [0.1, 0.15) is 5.75 Å². The minimum Gasteiger partial charge on any atom is -0.491 e. The molecule has 1 amide bonds. The van der Waals surface area contributed by atoms with Gasteiger partial charge < -0.3 is 10.1 Å². The van der Waals surface area contributed by atoms with Crippen LogP contribution in [0.25, 0.3) is 0 Å². The zero-order valence-corrected chi connectivity index (χ0v) is 14.5. The van der Waals surface area contributed by atoms with Crippen molar-refractivity contribution in [1.82, 2.24) is 0 Å². The van der Waals surface area contributed by atoms with Gasteiger partial charge in [-0.2, -0.15) is 0 Å². The number of rotatable bonds is 4. The summed E-state index contributed by atoms with van der Waals surface area (Å²) in [6, 6.07) is 13.1. The Balaban J connectivity index is 2.11. The monoisotopic (exact) mass is 395 g/mol. The van der Waals surface area contributed by atoms with E-state index < -0.39 is 0 Å². The van der Waals surface area contributed by atoms with Gasteiger partial charge in [-0.15, -0.1) is 0 Å². The van der Waals surface area contributed by atoms with Gasteiger partial charge in [0.2, 0.25) is 0 Å². The topological polar surface area (TPSA) is 38.3 Å². The van der Waals surface area contributed by atoms with Gasteiger partial charge >= 0.3 is 0 Å². The second-order valence-electron chi connectivity index (χ2n) is 5.08. The number of carbonyl (C=O) groups is 1. The van der Waals surface area contributed by atoms with Crippen LogP contribution in [0.1, 0.15) is 29.8 Å². The highest BCUT2D eigenvalue weighted by atomic mass is 127. The van der Waals surface area contributed by atoms with Crippen LogP contribution in [0, 0.1) is 10.5 Å². The molecule has 0 aromatic heterocycles. The van der Waals surface area contributed by atoms with Crippen LogP contribution in [0.4, 0.5) is 5.69 Å². The maximum absolute atomic E-state index is 12.3. The highest BCUT2D eigenvalue weighted by Crippen LogP contribution is 2.20. The summed E-state index contributed by atoms with van der Waals surface area (Å²) in [7, 11) is 0. The molecule has 0 heterocycles. The maximum atomic E-state index is 12.3. The van der Waals surface area contributed by atoms with Crippen LogP contribution in [0.3, 0.4) is 0 Å². The number of aryl methyl sites for hydroxylation is 1. The van der Waals surface area contributed by atoms with E-state index in [2.05, 4.69) is 27.9 Å². The first-order valence-electron chi connectivity index (χ1n) is 6.80. The van der Waals surface area contributed by atoms with Crippen molar-refractivity contribution in [3.8, 4) is 5.75 Å². The van der Waals surface area contributed by atoms with Gasteiger partial charge in [0.25, 0.3) is 5.91 Å². The molecule has 0 saturated heterocycles. The third-order valence-corrected chi connectivity index (χ3v) is 4.35. The first kappa shape index (κ1) is 15.8. The Morgan fingerprint density at radius 2 is 1.81 bits per heavy atom. The molecular weight excluding hydrogens is 377 g/mol. The van der Waals surface area contributed by atoms with E-state index in [-0.39, 0.29) is 12.0 Å². The van der Waals surface area contributed by atoms with E-state index in [1.165, 1.54) is 0 Å². The Morgan fingerprint density at radius 3 is 2.43 bits per heavy atom. The summed E-state index contributed by atoms with van der Waals surface area (Å²) < 4.78 is 6.56. The fourth-order valence-corrected chi connectivity index (χ4v) is 2.51. The predicted octanol–water partition coefficient (Wildman–Crippen LogP) is 4.64. The number of carbonyl (C=O) groups excluding carboxylic acids is 1. The largest absolute Gasteiger partial charge is 0.491 e. The van der Waals surface area contributed by atoms with Gasteiger partial charge in [0, 0.05) is 9.26 Å². The summed E-state index contributed by atoms with van der Waals surface area (Å²) in [5.74, 6) is 0.703. The maximum Gasteiger partial charge on any atom is 0.256 e. The molecule has 2 aromatic carbocycles. The second-order valence-corrected chi connectivity index (χ2v) is 6.16. The molecular formula is C17H18INO2. The normalized spacial score (nSPS) is 10.5. The number of halogens is 1. The molecule has 0 saturated carbocycles. The van der Waals surface area contributed by atoms with Crippen LogP contribution < -0.4 is 10.1 Å². The van der Waals surface area contributed by atoms with Gasteiger partial charge in [0.15, 0.2) is 0 Å². The molecule has 2 aromatic rings. The number of anilines is 1. The molecule has 110 valence electrons. The van der Waals surface area contributed by atoms with Crippen LogP contribution in [0.2, 0.25) is 0 Å². The summed E-state index contributed by atoms with van der Waals surface area (Å²) in [6.07, 6.45) is 0.138. The molecule has 3 nitrogen and oxygen atoms in total. The highest BCUT2D eigenvalue weighted by Gasteiger charge is 2.11. The zero-order chi connectivity index (χ0) is 15.4. The van der Waals surface area contributed by atoms with Crippen LogP contribution in [-0.4, -0.2) is 12.0 Å². The number of amides is 1. The number of hydrogen-bond donors (Lipinski definition) is 1. The molecule has 0 bridgehead atoms. The lowest BCUT2D eigenvalue weighted by Gasteiger charge is -2.11. The Morgan fingerprint density at radius 1 is 1.14 bits per heavy atom. The molecule has 0 radical (unpaired) electrons. The lowest BCUT2D eigenvalue weighted by molar-refractivity contribution is 0.102. The Kier molecular flexibility index (Phi) is 5.22. The Bertz CT molecular complexity index is 636. The van der Waals surface area contributed by atoms with E-state index >= 15 is 0 Å². The molecule has 4 heteroatoms. The van der Waals surface area contributed by atoms with Crippen LogP contribution in [-0.2, 0) is 0 Å². The third-order valence-electron chi connectivity index (χ3n) is 2.92. The molecule has 21 heavy (non-hydrogen) atoms. The van der Waals surface area contributed by atoms with E-state index in [4.69, 9.17) is 4.74 Å². The lowest BCUT2D eigenvalue weighted by atomic mass is 10.1. The Labute approximate surface area is 138 Å². The van der Waals surface area contributed by atoms with Crippen molar-refractivity contribution in [3.05, 3.63) is 57.2 Å². The first-order valence-corrected chi connectivity index (χ1v) is 7.88. The smallest absolute Gasteiger partial charge is 0.256 e. The quantitative estimate of drug-likeness (QED) is 0.767. The van der Waals surface area contributed by atoms with Gasteiger partial charge in [-0.1, -0.05) is 12.1 Å². The van der Waals surface area contributed by atoms with E-state index in [0.29, 0.717) is 5.56 Å². The standard InChI is InChI=1S/C17H18INO2/c1-11(2)21-14-9-7-13(8-10-14)19-17(20)15-6-4-5-12(3)16(15)18/h4-11H,1-3H3,(H,19,20). The van der Waals surface area contributed by atoms with E-state index in [1.807, 2.05) is 63.2 Å². The van der Waals surface area contributed by atoms with Gasteiger partial charge in [-0.25, -0.2) is 0 Å². The fraction of sp³-hybridized carbons (Fsp3) is 0.235.